The number of methoxy groups -OCH3 is 1. The van der Waals surface area contributed by atoms with E-state index in [-0.39, 0.29) is 24.8 Å². The van der Waals surface area contributed by atoms with Crippen molar-refractivity contribution in [2.45, 2.75) is 19.1 Å². The number of amides is 2. The van der Waals surface area contributed by atoms with E-state index in [4.69, 9.17) is 9.47 Å². The van der Waals surface area contributed by atoms with Crippen molar-refractivity contribution in [3.8, 4) is 17.6 Å². The maximum Gasteiger partial charge on any atom is 0.251 e. The number of carbonyl (C=O) groups excluding carboxylic acids is 2. The van der Waals surface area contributed by atoms with E-state index in [1.807, 2.05) is 48.5 Å². The number of benzene rings is 4. The van der Waals surface area contributed by atoms with Crippen LogP contribution in [0, 0.1) is 11.3 Å². The molecule has 2 amide bonds. The molecule has 4 rings (SSSR count). The van der Waals surface area contributed by atoms with Crippen LogP contribution < -0.4 is 20.2 Å². The van der Waals surface area contributed by atoms with Crippen LogP contribution in [0.1, 0.15) is 45.1 Å². The molecule has 0 radical (unpaired) electrons. The van der Waals surface area contributed by atoms with Gasteiger partial charge < -0.3 is 14.8 Å². The summed E-state index contributed by atoms with van der Waals surface area (Å²) in [5, 5.41) is 16.4. The van der Waals surface area contributed by atoms with E-state index in [9.17, 15) is 14.9 Å². The van der Waals surface area contributed by atoms with Gasteiger partial charge in [0.05, 0.1) is 37.4 Å². The van der Waals surface area contributed by atoms with Gasteiger partial charge in [0.25, 0.3) is 5.91 Å². The van der Waals surface area contributed by atoms with Gasteiger partial charge >= 0.3 is 0 Å². The van der Waals surface area contributed by atoms with Crippen molar-refractivity contribution in [3.63, 3.8) is 0 Å². The highest BCUT2D eigenvalue weighted by atomic mass is 79.9. The number of hydrogen-bond donors (Lipinski definition) is 2. The van der Waals surface area contributed by atoms with Crippen LogP contribution in [0.3, 0.4) is 0 Å². The lowest BCUT2D eigenvalue weighted by atomic mass is 10.0. The minimum absolute atomic E-state index is 0.0125. The summed E-state index contributed by atoms with van der Waals surface area (Å²) in [5.41, 5.74) is 5.79. The van der Waals surface area contributed by atoms with Crippen molar-refractivity contribution in [1.29, 1.82) is 5.26 Å². The Morgan fingerprint density at radius 3 is 2.37 bits per heavy atom. The third kappa shape index (κ3) is 8.03. The highest BCUT2D eigenvalue weighted by molar-refractivity contribution is 9.10. The third-order valence-electron chi connectivity index (χ3n) is 6.13. The molecule has 0 spiro atoms. The van der Waals surface area contributed by atoms with Crippen LogP contribution in [-0.2, 0) is 11.4 Å². The number of nitrogens with one attached hydrogen (secondary N) is 2. The summed E-state index contributed by atoms with van der Waals surface area (Å²) in [7, 11) is 1.52. The topological polar surface area (TPSA) is 113 Å². The number of hydrazone groups is 1. The molecule has 9 heteroatoms. The maximum absolute atomic E-state index is 12.8. The van der Waals surface area contributed by atoms with Gasteiger partial charge in [-0.25, -0.2) is 5.43 Å². The van der Waals surface area contributed by atoms with Gasteiger partial charge in [-0.05, 0) is 51.8 Å². The Bertz CT molecular complexity index is 1570. The lowest BCUT2D eigenvalue weighted by Crippen LogP contribution is -2.32. The molecule has 0 bridgehead atoms. The van der Waals surface area contributed by atoms with Gasteiger partial charge in [-0.2, -0.15) is 10.4 Å². The summed E-state index contributed by atoms with van der Waals surface area (Å²) in [5.74, 6) is 0.296. The predicted octanol–water partition coefficient (Wildman–Crippen LogP) is 5.92. The molecule has 0 aliphatic rings. The number of ether oxygens (including phenoxy) is 2. The zero-order valence-electron chi connectivity index (χ0n) is 22.2. The van der Waals surface area contributed by atoms with Gasteiger partial charge in [0.2, 0.25) is 5.91 Å². The van der Waals surface area contributed by atoms with Crippen LogP contribution in [0.15, 0.2) is 107 Å². The van der Waals surface area contributed by atoms with Crippen LogP contribution in [0.25, 0.3) is 0 Å². The minimum Gasteiger partial charge on any atom is -0.493 e. The number of nitriles is 1. The fraction of sp³-hybridized carbons (Fsp3) is 0.125. The summed E-state index contributed by atoms with van der Waals surface area (Å²) in [4.78, 5) is 25.6. The molecule has 0 saturated heterocycles. The van der Waals surface area contributed by atoms with Gasteiger partial charge in [-0.15, -0.1) is 0 Å². The van der Waals surface area contributed by atoms with Crippen LogP contribution in [0.5, 0.6) is 11.5 Å². The molecule has 0 aliphatic heterocycles. The Hall–Kier alpha value is -4.94. The molecular formula is C32H27BrN4O4. The molecule has 4 aromatic carbocycles. The number of rotatable bonds is 11. The van der Waals surface area contributed by atoms with E-state index in [1.54, 1.807) is 48.5 Å². The molecule has 0 heterocycles. The SMILES string of the molecule is COc1cc(/C=N\NC(=O)C[C@@H](NC(=O)c2ccccc2)c2ccccc2)c(Br)cc1OCc1ccccc1C#N. The molecule has 2 N–H and O–H groups in total. The van der Waals surface area contributed by atoms with E-state index in [1.165, 1.54) is 13.3 Å². The number of carbonyl (C=O) groups is 2. The van der Waals surface area contributed by atoms with Crippen LogP contribution in [-0.4, -0.2) is 25.1 Å². The molecule has 0 saturated carbocycles. The smallest absolute Gasteiger partial charge is 0.251 e. The van der Waals surface area contributed by atoms with Crippen molar-refractivity contribution >= 4 is 34.0 Å². The Morgan fingerprint density at radius 1 is 0.976 bits per heavy atom. The van der Waals surface area contributed by atoms with Crippen molar-refractivity contribution in [3.05, 3.63) is 129 Å². The zero-order valence-corrected chi connectivity index (χ0v) is 23.8. The van der Waals surface area contributed by atoms with E-state index in [2.05, 4.69) is 37.8 Å². The lowest BCUT2D eigenvalue weighted by Gasteiger charge is -2.18. The normalized spacial score (nSPS) is 11.3. The Balaban J connectivity index is 1.41. The molecule has 0 aromatic heterocycles. The second-order valence-electron chi connectivity index (χ2n) is 8.88. The Morgan fingerprint density at radius 2 is 1.66 bits per heavy atom. The van der Waals surface area contributed by atoms with Crippen LogP contribution in [0.4, 0.5) is 0 Å². The molecule has 0 fully saturated rings. The zero-order chi connectivity index (χ0) is 29.0. The second kappa shape index (κ2) is 14.4. The fourth-order valence-electron chi connectivity index (χ4n) is 4.01. The van der Waals surface area contributed by atoms with Crippen molar-refractivity contribution in [2.75, 3.05) is 7.11 Å². The number of halogens is 1. The van der Waals surface area contributed by atoms with Crippen LogP contribution in [0.2, 0.25) is 0 Å². The first-order valence-electron chi connectivity index (χ1n) is 12.7. The van der Waals surface area contributed by atoms with Gasteiger partial charge in [0, 0.05) is 21.2 Å². The van der Waals surface area contributed by atoms with E-state index >= 15 is 0 Å². The van der Waals surface area contributed by atoms with Crippen molar-refractivity contribution in [2.24, 2.45) is 5.10 Å². The molecule has 206 valence electrons. The van der Waals surface area contributed by atoms with E-state index < -0.39 is 6.04 Å². The van der Waals surface area contributed by atoms with Gasteiger partial charge in [-0.3, -0.25) is 9.59 Å². The standard InChI is InChI=1S/C32H27BrN4O4/c1-40-29-16-26(27(33)17-30(29)41-21-25-15-9-8-14-24(25)19-34)20-35-37-31(38)18-28(22-10-4-2-5-11-22)36-32(39)23-12-6-3-7-13-23/h2-17,20,28H,18,21H2,1H3,(H,36,39)(H,37,38)/b35-20-/t28-/m1/s1. The quantitative estimate of drug-likeness (QED) is 0.162. The molecular weight excluding hydrogens is 584 g/mol. The summed E-state index contributed by atoms with van der Waals surface area (Å²) >= 11 is 3.51. The summed E-state index contributed by atoms with van der Waals surface area (Å²) < 4.78 is 12.1. The Kier molecular flexibility index (Phi) is 10.2. The predicted molar refractivity (Wildman–Crippen MR) is 160 cm³/mol. The highest BCUT2D eigenvalue weighted by Gasteiger charge is 2.19. The average Bonchev–Trinajstić information content (AvgIpc) is 3.01. The van der Waals surface area contributed by atoms with Gasteiger partial charge in [-0.1, -0.05) is 66.7 Å². The van der Waals surface area contributed by atoms with Crippen molar-refractivity contribution < 1.29 is 19.1 Å². The molecule has 1 atom stereocenters. The molecule has 8 nitrogen and oxygen atoms in total. The first-order valence-corrected chi connectivity index (χ1v) is 13.5. The minimum atomic E-state index is -0.548. The molecule has 0 unspecified atom stereocenters. The first-order chi connectivity index (χ1) is 20.0. The first kappa shape index (κ1) is 29.1. The largest absolute Gasteiger partial charge is 0.493 e. The second-order valence-corrected chi connectivity index (χ2v) is 9.74. The van der Waals surface area contributed by atoms with Gasteiger partial charge in [0.1, 0.15) is 6.61 Å². The summed E-state index contributed by atoms with van der Waals surface area (Å²) in [6, 6.07) is 30.4. The number of nitrogens with zero attached hydrogens (tertiary/aromatic N) is 2. The van der Waals surface area contributed by atoms with Crippen molar-refractivity contribution in [1.82, 2.24) is 10.7 Å². The summed E-state index contributed by atoms with van der Waals surface area (Å²) in [6.07, 6.45) is 1.47. The molecule has 4 aromatic rings. The third-order valence-corrected chi connectivity index (χ3v) is 6.82. The average molecular weight is 611 g/mol. The fourth-order valence-corrected chi connectivity index (χ4v) is 4.43. The maximum atomic E-state index is 12.8. The van der Waals surface area contributed by atoms with E-state index in [0.29, 0.717) is 32.7 Å². The lowest BCUT2D eigenvalue weighted by molar-refractivity contribution is -0.121. The number of hydrogen-bond acceptors (Lipinski definition) is 6. The highest BCUT2D eigenvalue weighted by Crippen LogP contribution is 2.33. The summed E-state index contributed by atoms with van der Waals surface area (Å²) in [6.45, 7) is 0.194. The van der Waals surface area contributed by atoms with E-state index in [0.717, 1.165) is 11.1 Å². The van der Waals surface area contributed by atoms with Gasteiger partial charge in [0.15, 0.2) is 11.5 Å². The Labute approximate surface area is 246 Å². The molecule has 0 aliphatic carbocycles. The van der Waals surface area contributed by atoms with Crippen LogP contribution >= 0.6 is 15.9 Å². The monoisotopic (exact) mass is 610 g/mol. The molecule has 41 heavy (non-hydrogen) atoms.